The number of imidazole rings is 1. The summed E-state index contributed by atoms with van der Waals surface area (Å²) in [7, 11) is 3.47. The third kappa shape index (κ3) is 8.36. The van der Waals surface area contributed by atoms with Crippen LogP contribution in [-0.4, -0.2) is 61.7 Å². The molecule has 65 heavy (non-hydrogen) atoms. The normalized spacial score (nSPS) is 20.8. The number of aryl methyl sites for hydroxylation is 1. The van der Waals surface area contributed by atoms with Gasteiger partial charge in [-0.2, -0.15) is 18.2 Å². The summed E-state index contributed by atoms with van der Waals surface area (Å²) in [5.41, 5.74) is 10.9. The molecule has 3 N–H and O–H groups in total. The van der Waals surface area contributed by atoms with Gasteiger partial charge in [0.05, 0.1) is 23.3 Å². The van der Waals surface area contributed by atoms with E-state index >= 15 is 0 Å². The number of nitrogens with one attached hydrogen (secondary N) is 1. The molecule has 0 spiro atoms. The number of benzene rings is 1. The van der Waals surface area contributed by atoms with E-state index < -0.39 is 17.0 Å². The molecule has 6 heterocycles. The highest BCUT2D eigenvalue weighted by Crippen LogP contribution is 2.52. The number of rotatable bonds is 8. The number of anilines is 2. The molecule has 5 aliphatic rings. The number of ether oxygens (including phenoxy) is 2. The lowest BCUT2D eigenvalue weighted by molar-refractivity contribution is -0.137. The van der Waals surface area contributed by atoms with Gasteiger partial charge in [-0.15, -0.1) is 23.1 Å². The second-order valence-corrected chi connectivity index (χ2v) is 17.6. The Hall–Kier alpha value is -6.88. The largest absolute Gasteiger partial charge is 0.441 e. The van der Waals surface area contributed by atoms with Crippen molar-refractivity contribution in [3.8, 4) is 17.3 Å². The van der Waals surface area contributed by atoms with Crippen molar-refractivity contribution < 1.29 is 22.6 Å². The molecule has 0 saturated heterocycles. The van der Waals surface area contributed by atoms with Crippen molar-refractivity contribution in [1.29, 1.82) is 0 Å². The molecule has 3 aliphatic carbocycles. The minimum Gasteiger partial charge on any atom is -0.441 e. The molecule has 10 rings (SSSR count). The Morgan fingerprint density at radius 1 is 0.892 bits per heavy atom. The summed E-state index contributed by atoms with van der Waals surface area (Å²) >= 11 is 3.04. The summed E-state index contributed by atoms with van der Waals surface area (Å²) < 4.78 is 57.7. The lowest BCUT2D eigenvalue weighted by Crippen LogP contribution is -2.29. The van der Waals surface area contributed by atoms with Crippen LogP contribution in [-0.2, 0) is 18.0 Å². The molecule has 0 bridgehead atoms. The number of aromatic nitrogens is 5. The first-order chi connectivity index (χ1) is 31.6. The number of thioether (sulfide) groups is 1. The zero-order valence-electron chi connectivity index (χ0n) is 35.1. The Balaban J connectivity index is 1.11. The molecule has 1 unspecified atom stereocenters. The van der Waals surface area contributed by atoms with Crippen molar-refractivity contribution in [2.45, 2.75) is 30.7 Å². The zero-order valence-corrected chi connectivity index (χ0v) is 36.8. The van der Waals surface area contributed by atoms with Crippen LogP contribution in [0.5, 0.6) is 5.75 Å². The standard InChI is InChI=1S/C49H40F3N9O2S2/c1-61-23-21-55-46(61)45-57-39-37(31-19-12-20-32(25-31)49(50,51)52)41(30-17-10-5-11-18-30)64-42(39)47(59-45)63-33-26-34(56-35(53)27-33)43-58-44(54-22-24-62-2)38-36(28-13-6-3-7-14-28)40(65-48(38)60-43)29-15-8-4-9-16-29/h3-13,15,17,19-21,23,25-27,42H,14,16,18,22,24H2,1-2H3,(H2,53,56)(H,54,58,60). The molecular formula is C49H40F3N9O2S2. The zero-order chi connectivity index (χ0) is 44.7. The van der Waals surface area contributed by atoms with Crippen LogP contribution in [0.1, 0.15) is 36.2 Å². The number of nitrogens with zero attached hydrogens (tertiary/aromatic N) is 7. The van der Waals surface area contributed by atoms with Gasteiger partial charge in [0.15, 0.2) is 17.5 Å². The maximum Gasteiger partial charge on any atom is 0.416 e. The second-order valence-electron chi connectivity index (χ2n) is 15.5. The Labute approximate surface area is 379 Å². The van der Waals surface area contributed by atoms with E-state index in [9.17, 15) is 13.2 Å². The SMILES string of the molecule is COCCNc1nc(-c2cc(OC3=NC(c4nccn4C)=NC4=C(c5cccc(C(F)(F)F)c5)C(=C5C=CC=CC5)SC34)cc(N)n2)nc2sc(=C3C=CC=CC3)c(=C3C=CC=CC3)c12. The maximum atomic E-state index is 14.2. The molecule has 1 atom stereocenters. The number of hydrogen-bond acceptors (Lipinski definition) is 12. The van der Waals surface area contributed by atoms with Crippen LogP contribution in [0.2, 0.25) is 0 Å². The fraction of sp³-hybridized carbons (Fsp3) is 0.184. The quantitative estimate of drug-likeness (QED) is 0.146. The van der Waals surface area contributed by atoms with E-state index in [1.165, 1.54) is 35.0 Å². The number of fused-ring (bicyclic) bond motifs is 2. The minimum atomic E-state index is -4.55. The summed E-state index contributed by atoms with van der Waals surface area (Å²) in [5, 5.41) is 4.88. The van der Waals surface area contributed by atoms with Gasteiger partial charge in [0.1, 0.15) is 33.2 Å². The predicted molar refractivity (Wildman–Crippen MR) is 255 cm³/mol. The maximum absolute atomic E-state index is 14.2. The van der Waals surface area contributed by atoms with Crippen LogP contribution in [0, 0.1) is 0 Å². The summed E-state index contributed by atoms with van der Waals surface area (Å²) in [5.74, 6) is 2.36. The molecule has 4 aromatic heterocycles. The van der Waals surface area contributed by atoms with E-state index in [2.05, 4.69) is 58.9 Å². The van der Waals surface area contributed by atoms with Crippen LogP contribution in [0.25, 0.3) is 38.5 Å². The van der Waals surface area contributed by atoms with E-state index in [4.69, 9.17) is 40.1 Å². The van der Waals surface area contributed by atoms with Gasteiger partial charge in [-0.1, -0.05) is 85.0 Å². The van der Waals surface area contributed by atoms with Crippen LogP contribution in [0.15, 0.2) is 148 Å². The number of aliphatic imine (C=N–C) groups is 2. The fourth-order valence-corrected chi connectivity index (χ4v) is 10.7. The summed E-state index contributed by atoms with van der Waals surface area (Å²) in [4.78, 5) is 31.0. The van der Waals surface area contributed by atoms with Gasteiger partial charge in [-0.25, -0.2) is 24.9 Å². The molecule has 326 valence electrons. The molecule has 11 nitrogen and oxygen atoms in total. The first-order valence-electron chi connectivity index (χ1n) is 20.8. The molecule has 0 amide bonds. The number of hydrogen-bond donors (Lipinski definition) is 2. The molecule has 0 fully saturated rings. The van der Waals surface area contributed by atoms with Gasteiger partial charge >= 0.3 is 6.18 Å². The Kier molecular flexibility index (Phi) is 11.4. The highest BCUT2D eigenvalue weighted by atomic mass is 32.2. The molecule has 0 radical (unpaired) electrons. The third-order valence-corrected chi connectivity index (χ3v) is 13.6. The molecule has 2 aliphatic heterocycles. The molecule has 1 aromatic carbocycles. The lowest BCUT2D eigenvalue weighted by Gasteiger charge is -2.20. The van der Waals surface area contributed by atoms with Crippen LogP contribution in [0.3, 0.4) is 0 Å². The van der Waals surface area contributed by atoms with Crippen molar-refractivity contribution in [2.24, 2.45) is 17.0 Å². The van der Waals surface area contributed by atoms with E-state index in [1.54, 1.807) is 53.6 Å². The van der Waals surface area contributed by atoms with Gasteiger partial charge in [-0.05, 0) is 53.7 Å². The summed E-state index contributed by atoms with van der Waals surface area (Å²) in [6.45, 7) is 0.949. The number of halogens is 3. The molecule has 5 aromatic rings. The van der Waals surface area contributed by atoms with Crippen LogP contribution >= 0.6 is 23.1 Å². The van der Waals surface area contributed by atoms with Crippen LogP contribution < -0.4 is 25.5 Å². The Bertz CT molecular complexity index is 3230. The summed E-state index contributed by atoms with van der Waals surface area (Å²) in [6, 6.07) is 8.66. The molecule has 16 heteroatoms. The van der Waals surface area contributed by atoms with E-state index in [-0.39, 0.29) is 17.6 Å². The predicted octanol–water partition coefficient (Wildman–Crippen LogP) is 9.01. The average Bonchev–Trinajstić information content (AvgIpc) is 4.05. The first kappa shape index (κ1) is 42.1. The number of amidine groups is 1. The average molecular weight is 908 g/mol. The highest BCUT2D eigenvalue weighted by Gasteiger charge is 2.41. The van der Waals surface area contributed by atoms with Gasteiger partial charge < -0.3 is 25.1 Å². The minimum absolute atomic E-state index is 0.155. The highest BCUT2D eigenvalue weighted by molar-refractivity contribution is 8.05. The van der Waals surface area contributed by atoms with Crippen molar-refractivity contribution in [3.63, 3.8) is 0 Å². The van der Waals surface area contributed by atoms with Crippen LogP contribution in [0.4, 0.5) is 24.8 Å². The van der Waals surface area contributed by atoms with Gasteiger partial charge in [0.2, 0.25) is 5.90 Å². The smallest absolute Gasteiger partial charge is 0.416 e. The molecular weight excluding hydrogens is 868 g/mol. The second kappa shape index (κ2) is 17.6. The Morgan fingerprint density at radius 3 is 2.34 bits per heavy atom. The van der Waals surface area contributed by atoms with E-state index in [1.807, 2.05) is 31.4 Å². The number of pyridine rings is 1. The van der Waals surface area contributed by atoms with E-state index in [0.29, 0.717) is 65.3 Å². The fourth-order valence-electron chi connectivity index (χ4n) is 8.12. The van der Waals surface area contributed by atoms with Gasteiger partial charge in [0.25, 0.3) is 0 Å². The van der Waals surface area contributed by atoms with Crippen molar-refractivity contribution in [3.05, 3.63) is 165 Å². The van der Waals surface area contributed by atoms with Crippen molar-refractivity contribution in [2.75, 3.05) is 31.3 Å². The van der Waals surface area contributed by atoms with Crippen molar-refractivity contribution in [1.82, 2.24) is 24.5 Å². The lowest BCUT2D eigenvalue weighted by atomic mass is 9.95. The number of thiophene rings is 1. The number of alkyl halides is 3. The van der Waals surface area contributed by atoms with Crippen molar-refractivity contribution >= 4 is 73.4 Å². The number of allylic oxidation sites excluding steroid dienone is 14. The monoisotopic (exact) mass is 907 g/mol. The number of nitrogens with two attached hydrogens (primary N) is 1. The van der Waals surface area contributed by atoms with E-state index in [0.717, 1.165) is 49.4 Å². The molecule has 0 saturated carbocycles. The number of methoxy groups -OCH3 is 1. The number of nitrogen functional groups attached to an aromatic ring is 1. The topological polar surface area (TPSA) is 138 Å². The third-order valence-electron chi connectivity index (χ3n) is 11.1. The van der Waals surface area contributed by atoms with Gasteiger partial charge in [-0.3, -0.25) is 0 Å². The Morgan fingerprint density at radius 2 is 1.65 bits per heavy atom. The summed E-state index contributed by atoms with van der Waals surface area (Å²) in [6.07, 6.45) is 25.6. The first-order valence-corrected chi connectivity index (χ1v) is 22.5. The van der Waals surface area contributed by atoms with Gasteiger partial charge in [0, 0.05) is 65.5 Å².